The van der Waals surface area contributed by atoms with Gasteiger partial charge in [0.2, 0.25) is 5.91 Å². The molecule has 0 spiro atoms. The fourth-order valence-corrected chi connectivity index (χ4v) is 5.24. The van der Waals surface area contributed by atoms with Gasteiger partial charge in [0.15, 0.2) is 6.29 Å². The minimum Gasteiger partial charge on any atom is -0.447 e. The summed E-state index contributed by atoms with van der Waals surface area (Å²) in [5, 5.41) is 34.8. The zero-order chi connectivity index (χ0) is 30.7. The van der Waals surface area contributed by atoms with Gasteiger partial charge < -0.3 is 45.1 Å². The number of alkyl carbamates (subject to hydrolysis) is 1. The van der Waals surface area contributed by atoms with E-state index in [-0.39, 0.29) is 18.6 Å². The topological polar surface area (TPSA) is 202 Å². The molecule has 40 heavy (non-hydrogen) atoms. The number of phosphoric acid groups is 1. The van der Waals surface area contributed by atoms with Gasteiger partial charge >= 0.3 is 13.9 Å². The Kier molecular flexibility index (Phi) is 15.0. The van der Waals surface area contributed by atoms with Crippen LogP contribution in [0, 0.1) is 5.41 Å². The van der Waals surface area contributed by atoms with Crippen LogP contribution in [0.3, 0.4) is 0 Å². The van der Waals surface area contributed by atoms with Crippen molar-refractivity contribution in [2.24, 2.45) is 5.41 Å². The Labute approximate surface area is 236 Å². The third-order valence-electron chi connectivity index (χ3n) is 5.54. The second-order valence-corrected chi connectivity index (χ2v) is 13.4. The molecule has 2 unspecified atom stereocenters. The average molecular weight is 601 g/mol. The summed E-state index contributed by atoms with van der Waals surface area (Å²) in [4.78, 5) is 33.7. The van der Waals surface area contributed by atoms with Crippen LogP contribution < -0.4 is 10.6 Å². The second-order valence-electron chi connectivity index (χ2n) is 12.1. The molecule has 7 atom stereocenters. The van der Waals surface area contributed by atoms with E-state index in [0.29, 0.717) is 32.2 Å². The lowest BCUT2D eigenvalue weighted by molar-refractivity contribution is -0.270. The molecule has 0 aliphatic carbocycles. The average Bonchev–Trinajstić information content (AvgIpc) is 2.78. The molecule has 14 nitrogen and oxygen atoms in total. The Morgan fingerprint density at radius 2 is 1.70 bits per heavy atom. The summed E-state index contributed by atoms with van der Waals surface area (Å²) >= 11 is 0. The van der Waals surface area contributed by atoms with E-state index in [9.17, 15) is 34.4 Å². The molecule has 1 aliphatic heterocycles. The number of aliphatic hydroxyl groups is 3. The van der Waals surface area contributed by atoms with Crippen LogP contribution in [0.15, 0.2) is 0 Å². The van der Waals surface area contributed by atoms with Crippen molar-refractivity contribution in [1.82, 2.24) is 10.6 Å². The first-order chi connectivity index (χ1) is 18.3. The molecule has 1 rings (SSSR count). The molecule has 0 bridgehead atoms. The summed E-state index contributed by atoms with van der Waals surface area (Å²) in [6.07, 6.45) is -4.26. The number of hydrogen-bond donors (Lipinski definition) is 6. The van der Waals surface area contributed by atoms with Crippen molar-refractivity contribution < 1.29 is 57.6 Å². The zero-order valence-corrected chi connectivity index (χ0v) is 25.5. The monoisotopic (exact) mass is 600 g/mol. The highest BCUT2D eigenvalue weighted by Crippen LogP contribution is 2.49. The molecule has 0 radical (unpaired) electrons. The van der Waals surface area contributed by atoms with Crippen molar-refractivity contribution in [3.05, 3.63) is 0 Å². The van der Waals surface area contributed by atoms with Gasteiger partial charge in [0, 0.05) is 20.1 Å². The van der Waals surface area contributed by atoms with E-state index in [1.54, 1.807) is 20.8 Å². The first kappa shape index (κ1) is 36.7. The molecule has 1 saturated heterocycles. The van der Waals surface area contributed by atoms with Gasteiger partial charge in [-0.15, -0.1) is 0 Å². The molecule has 0 saturated carbocycles. The van der Waals surface area contributed by atoms with Crippen LogP contribution in [0.1, 0.15) is 74.1 Å². The molecule has 0 aromatic heterocycles. The number of aliphatic hydroxyl groups excluding tert-OH is 3. The summed E-state index contributed by atoms with van der Waals surface area (Å²) in [7, 11) is -4.38. The lowest BCUT2D eigenvalue weighted by atomic mass is 9.89. The van der Waals surface area contributed by atoms with E-state index in [0.717, 1.165) is 0 Å². The van der Waals surface area contributed by atoms with Gasteiger partial charge in [0.25, 0.3) is 0 Å². The number of amides is 2. The Balaban J connectivity index is 2.42. The Morgan fingerprint density at radius 3 is 2.25 bits per heavy atom. The van der Waals surface area contributed by atoms with Crippen LogP contribution in [0.4, 0.5) is 4.79 Å². The van der Waals surface area contributed by atoms with E-state index in [1.165, 1.54) is 6.92 Å². The maximum Gasteiger partial charge on any atom is 0.473 e. The molecule has 15 heteroatoms. The van der Waals surface area contributed by atoms with E-state index in [2.05, 4.69) is 10.6 Å². The number of ether oxygens (including phenoxy) is 3. The SMILES string of the molecule is CC(=O)N[C@H]1C(OCCCCCNC(=O)OC[C@@H](CC(C)(C)C)OP(=O)(O)OC(C)(C)C)O[C@H](CO)[C@H](O)[C@@H]1O. The fourth-order valence-electron chi connectivity index (χ4n) is 3.99. The third-order valence-corrected chi connectivity index (χ3v) is 6.88. The van der Waals surface area contributed by atoms with Crippen molar-refractivity contribution in [1.29, 1.82) is 0 Å². The highest BCUT2D eigenvalue weighted by Gasteiger charge is 2.45. The largest absolute Gasteiger partial charge is 0.473 e. The van der Waals surface area contributed by atoms with Crippen LogP contribution in [-0.4, -0.2) is 101 Å². The van der Waals surface area contributed by atoms with E-state index in [4.69, 9.17) is 23.3 Å². The molecule has 1 aliphatic rings. The Morgan fingerprint density at radius 1 is 1.05 bits per heavy atom. The molecular formula is C25H49N2O12P. The third kappa shape index (κ3) is 15.0. The molecular weight excluding hydrogens is 551 g/mol. The highest BCUT2D eigenvalue weighted by molar-refractivity contribution is 7.47. The minimum absolute atomic E-state index is 0.204. The summed E-state index contributed by atoms with van der Waals surface area (Å²) < 4.78 is 39.2. The van der Waals surface area contributed by atoms with Crippen LogP contribution in [0.5, 0.6) is 0 Å². The van der Waals surface area contributed by atoms with Crippen molar-refractivity contribution in [2.75, 3.05) is 26.4 Å². The zero-order valence-electron chi connectivity index (χ0n) is 24.6. The van der Waals surface area contributed by atoms with Crippen LogP contribution >= 0.6 is 7.82 Å². The van der Waals surface area contributed by atoms with Crippen molar-refractivity contribution >= 4 is 19.8 Å². The lowest BCUT2D eigenvalue weighted by Gasteiger charge is -2.42. The number of nitrogens with one attached hydrogen (secondary N) is 2. The number of carbonyl (C=O) groups is 2. The molecule has 1 heterocycles. The van der Waals surface area contributed by atoms with Gasteiger partial charge in [-0.1, -0.05) is 20.8 Å². The standard InChI is InChI=1S/C25H49N2O12P/c1-16(29)27-19-21(31)20(30)18(14-28)37-22(19)35-12-10-8-9-11-26-23(32)36-15-17(13-24(2,3)4)38-40(33,34)39-25(5,6)7/h17-22,28,30-31H,8-15H2,1-7H3,(H,26,32)(H,27,29)(H,33,34)/t17-,18-,19-,20+,21-,22?/m1/s1. The number of carbonyl (C=O) groups excluding carboxylic acids is 2. The van der Waals surface area contributed by atoms with Gasteiger partial charge in [-0.05, 0) is 51.9 Å². The van der Waals surface area contributed by atoms with Gasteiger partial charge in [0.1, 0.15) is 37.1 Å². The summed E-state index contributed by atoms with van der Waals surface area (Å²) in [6, 6.07) is -1.00. The molecule has 6 N–H and O–H groups in total. The maximum absolute atomic E-state index is 12.4. The Hall–Kier alpha value is -1.35. The number of hydrogen-bond acceptors (Lipinski definition) is 11. The molecule has 0 aromatic carbocycles. The van der Waals surface area contributed by atoms with Gasteiger partial charge in [-0.25, -0.2) is 9.36 Å². The summed E-state index contributed by atoms with van der Waals surface area (Å²) in [5.74, 6) is -0.436. The number of unbranched alkanes of at least 4 members (excludes halogenated alkanes) is 2. The van der Waals surface area contributed by atoms with E-state index in [1.807, 2.05) is 20.8 Å². The van der Waals surface area contributed by atoms with Gasteiger partial charge in [-0.2, -0.15) is 0 Å². The van der Waals surface area contributed by atoms with Crippen LogP contribution in [0.25, 0.3) is 0 Å². The Bertz CT molecular complexity index is 832. The van der Waals surface area contributed by atoms with Crippen LogP contribution in [-0.2, 0) is 32.6 Å². The van der Waals surface area contributed by atoms with Gasteiger partial charge in [-0.3, -0.25) is 13.8 Å². The quantitative estimate of drug-likeness (QED) is 0.117. The predicted octanol–water partition coefficient (Wildman–Crippen LogP) is 1.58. The number of phosphoric ester groups is 1. The second kappa shape index (κ2) is 16.3. The molecule has 1 fully saturated rings. The predicted molar refractivity (Wildman–Crippen MR) is 144 cm³/mol. The van der Waals surface area contributed by atoms with E-state index < -0.39 is 68.8 Å². The minimum atomic E-state index is -4.38. The molecule has 2 amide bonds. The summed E-state index contributed by atoms with van der Waals surface area (Å²) in [5.41, 5.74) is -1.17. The summed E-state index contributed by atoms with van der Waals surface area (Å²) in [6.45, 7) is 11.7. The molecule has 0 aromatic rings. The number of rotatable bonds is 15. The highest BCUT2D eigenvalue weighted by atomic mass is 31.2. The lowest BCUT2D eigenvalue weighted by Crippen LogP contribution is -2.64. The maximum atomic E-state index is 12.4. The van der Waals surface area contributed by atoms with Crippen molar-refractivity contribution in [2.45, 2.75) is 116 Å². The normalized spacial score (nSPS) is 26.0. The van der Waals surface area contributed by atoms with Crippen molar-refractivity contribution in [3.8, 4) is 0 Å². The smallest absolute Gasteiger partial charge is 0.447 e. The molecule has 236 valence electrons. The van der Waals surface area contributed by atoms with E-state index >= 15 is 0 Å². The van der Waals surface area contributed by atoms with Crippen molar-refractivity contribution in [3.63, 3.8) is 0 Å². The van der Waals surface area contributed by atoms with Gasteiger partial charge in [0.05, 0.1) is 12.2 Å². The van der Waals surface area contributed by atoms with Crippen LogP contribution in [0.2, 0.25) is 0 Å². The first-order valence-electron chi connectivity index (χ1n) is 13.5. The first-order valence-corrected chi connectivity index (χ1v) is 15.0. The fraction of sp³-hybridized carbons (Fsp3) is 0.920.